The SMILES string of the molecule is O=[N+]([O-])c1cnc2n1CC(O)CO2. The molecule has 0 aliphatic carbocycles. The highest BCUT2D eigenvalue weighted by molar-refractivity contribution is 5.23. The maximum Gasteiger partial charge on any atom is 0.391 e. The number of nitrogens with zero attached hydrogens (tertiary/aromatic N) is 3. The van der Waals surface area contributed by atoms with Crippen LogP contribution in [0, 0.1) is 10.1 Å². The molecule has 7 nitrogen and oxygen atoms in total. The highest BCUT2D eigenvalue weighted by Crippen LogP contribution is 2.23. The molecule has 0 radical (unpaired) electrons. The summed E-state index contributed by atoms with van der Waals surface area (Å²) in [4.78, 5) is 13.6. The average molecular weight is 185 g/mol. The van der Waals surface area contributed by atoms with Gasteiger partial charge in [0.1, 0.15) is 25.5 Å². The first-order valence-electron chi connectivity index (χ1n) is 3.69. The van der Waals surface area contributed by atoms with Gasteiger partial charge in [-0.1, -0.05) is 0 Å². The van der Waals surface area contributed by atoms with Crippen molar-refractivity contribution in [3.8, 4) is 6.01 Å². The zero-order chi connectivity index (χ0) is 9.42. The lowest BCUT2D eigenvalue weighted by Crippen LogP contribution is -2.30. The highest BCUT2D eigenvalue weighted by atomic mass is 16.6. The normalized spacial score (nSPS) is 20.5. The summed E-state index contributed by atoms with van der Waals surface area (Å²) in [6.45, 7) is 0.291. The van der Waals surface area contributed by atoms with Crippen LogP contribution < -0.4 is 4.74 Å². The van der Waals surface area contributed by atoms with Gasteiger partial charge in [0.05, 0.1) is 0 Å². The van der Waals surface area contributed by atoms with E-state index in [4.69, 9.17) is 4.74 Å². The predicted molar refractivity (Wildman–Crippen MR) is 40.4 cm³/mol. The second kappa shape index (κ2) is 2.70. The fourth-order valence-electron chi connectivity index (χ4n) is 1.22. The molecule has 0 saturated heterocycles. The van der Waals surface area contributed by atoms with Crippen LogP contribution in [0.1, 0.15) is 0 Å². The number of aliphatic hydroxyl groups excluding tert-OH is 1. The van der Waals surface area contributed by atoms with Crippen molar-refractivity contribution in [3.63, 3.8) is 0 Å². The van der Waals surface area contributed by atoms with Crippen molar-refractivity contribution < 1.29 is 14.8 Å². The monoisotopic (exact) mass is 185 g/mol. The molecule has 2 heterocycles. The second-order valence-corrected chi connectivity index (χ2v) is 2.73. The van der Waals surface area contributed by atoms with Gasteiger partial charge in [-0.2, -0.15) is 9.55 Å². The molecule has 0 amide bonds. The molecular weight excluding hydrogens is 178 g/mol. The van der Waals surface area contributed by atoms with Crippen molar-refractivity contribution in [3.05, 3.63) is 16.3 Å². The van der Waals surface area contributed by atoms with E-state index in [0.717, 1.165) is 6.20 Å². The van der Waals surface area contributed by atoms with Gasteiger partial charge in [-0.25, -0.2) is 0 Å². The van der Waals surface area contributed by atoms with Crippen molar-refractivity contribution in [2.24, 2.45) is 0 Å². The van der Waals surface area contributed by atoms with E-state index >= 15 is 0 Å². The first-order chi connectivity index (χ1) is 6.18. The lowest BCUT2D eigenvalue weighted by molar-refractivity contribution is -0.392. The lowest BCUT2D eigenvalue weighted by atomic mass is 10.3. The Balaban J connectivity index is 2.41. The van der Waals surface area contributed by atoms with Crippen LogP contribution in [0.3, 0.4) is 0 Å². The van der Waals surface area contributed by atoms with Crippen molar-refractivity contribution in [1.82, 2.24) is 9.55 Å². The van der Waals surface area contributed by atoms with Crippen LogP contribution in [0.4, 0.5) is 5.82 Å². The fraction of sp³-hybridized carbons (Fsp3) is 0.500. The first kappa shape index (κ1) is 7.99. The Morgan fingerprint density at radius 3 is 3.31 bits per heavy atom. The molecule has 1 aliphatic heterocycles. The number of imidazole rings is 1. The van der Waals surface area contributed by atoms with E-state index in [0.29, 0.717) is 0 Å². The molecule has 7 heteroatoms. The zero-order valence-electron chi connectivity index (χ0n) is 6.58. The third-order valence-electron chi connectivity index (χ3n) is 1.78. The summed E-state index contributed by atoms with van der Waals surface area (Å²) in [7, 11) is 0. The topological polar surface area (TPSA) is 90.4 Å². The van der Waals surface area contributed by atoms with Crippen molar-refractivity contribution in [2.45, 2.75) is 12.6 Å². The Labute approximate surface area is 72.7 Å². The Hall–Kier alpha value is -1.63. The van der Waals surface area contributed by atoms with Gasteiger partial charge in [0.2, 0.25) is 0 Å². The van der Waals surface area contributed by atoms with Crippen LogP contribution in [0.5, 0.6) is 6.01 Å². The maximum atomic E-state index is 10.4. The fourth-order valence-corrected chi connectivity index (χ4v) is 1.22. The van der Waals surface area contributed by atoms with Crippen molar-refractivity contribution in [1.29, 1.82) is 0 Å². The van der Waals surface area contributed by atoms with E-state index in [1.807, 2.05) is 0 Å². The largest absolute Gasteiger partial charge is 0.444 e. The Kier molecular flexibility index (Phi) is 1.66. The number of fused-ring (bicyclic) bond motifs is 1. The number of nitro groups is 1. The quantitative estimate of drug-likeness (QED) is 0.472. The van der Waals surface area contributed by atoms with Gasteiger partial charge < -0.3 is 20.0 Å². The molecule has 70 valence electrons. The van der Waals surface area contributed by atoms with Gasteiger partial charge in [0.15, 0.2) is 0 Å². The Morgan fingerprint density at radius 1 is 1.85 bits per heavy atom. The molecule has 0 bridgehead atoms. The lowest BCUT2D eigenvalue weighted by Gasteiger charge is -2.15. The van der Waals surface area contributed by atoms with Crippen LogP contribution in [-0.2, 0) is 6.54 Å². The summed E-state index contributed by atoms with van der Waals surface area (Å²) in [6.07, 6.45) is 0.410. The Morgan fingerprint density at radius 2 is 2.62 bits per heavy atom. The average Bonchev–Trinajstić information content (AvgIpc) is 2.46. The van der Waals surface area contributed by atoms with Gasteiger partial charge in [-0.15, -0.1) is 0 Å². The first-order valence-corrected chi connectivity index (χ1v) is 3.69. The summed E-state index contributed by atoms with van der Waals surface area (Å²) in [5.41, 5.74) is 0. The third kappa shape index (κ3) is 1.22. The van der Waals surface area contributed by atoms with Gasteiger partial charge in [0, 0.05) is 0 Å². The zero-order valence-corrected chi connectivity index (χ0v) is 6.58. The molecule has 0 fully saturated rings. The standard InChI is InChI=1S/C6H7N3O4/c10-4-2-8-5(9(11)12)1-7-6(8)13-3-4/h1,4,10H,2-3H2. The van der Waals surface area contributed by atoms with Gasteiger partial charge in [-0.05, 0) is 4.92 Å². The van der Waals surface area contributed by atoms with Gasteiger partial charge in [0.25, 0.3) is 0 Å². The maximum absolute atomic E-state index is 10.4. The number of aromatic nitrogens is 2. The molecular formula is C6H7N3O4. The summed E-state index contributed by atoms with van der Waals surface area (Å²) in [5.74, 6) is -0.159. The molecule has 1 unspecified atom stereocenters. The molecule has 13 heavy (non-hydrogen) atoms. The molecule has 0 saturated carbocycles. The summed E-state index contributed by atoms with van der Waals surface area (Å²) < 4.78 is 6.21. The van der Waals surface area contributed by atoms with Gasteiger partial charge >= 0.3 is 11.8 Å². The molecule has 0 aromatic carbocycles. The number of hydrogen-bond donors (Lipinski definition) is 1. The van der Waals surface area contributed by atoms with Crippen LogP contribution in [0.2, 0.25) is 0 Å². The number of rotatable bonds is 1. The number of ether oxygens (including phenoxy) is 1. The van der Waals surface area contributed by atoms with E-state index in [1.165, 1.54) is 4.57 Å². The summed E-state index contributed by atoms with van der Waals surface area (Å²) >= 11 is 0. The molecule has 1 aromatic heterocycles. The van der Waals surface area contributed by atoms with E-state index in [2.05, 4.69) is 4.98 Å². The molecule has 2 rings (SSSR count). The smallest absolute Gasteiger partial charge is 0.391 e. The van der Waals surface area contributed by atoms with Crippen LogP contribution in [0.15, 0.2) is 6.20 Å². The third-order valence-corrected chi connectivity index (χ3v) is 1.78. The van der Waals surface area contributed by atoms with Crippen molar-refractivity contribution in [2.75, 3.05) is 6.61 Å². The highest BCUT2D eigenvalue weighted by Gasteiger charge is 2.28. The second-order valence-electron chi connectivity index (χ2n) is 2.73. The Bertz CT molecular complexity index is 348. The van der Waals surface area contributed by atoms with Crippen LogP contribution in [-0.4, -0.2) is 32.3 Å². The summed E-state index contributed by atoms with van der Waals surface area (Å²) in [6, 6.07) is 0.192. The molecule has 1 aromatic rings. The van der Waals surface area contributed by atoms with E-state index in [1.54, 1.807) is 0 Å². The predicted octanol–water partition coefficient (Wildman–Crippen LogP) is -0.455. The molecule has 1 atom stereocenters. The van der Waals surface area contributed by atoms with E-state index < -0.39 is 11.0 Å². The number of aliphatic hydroxyl groups is 1. The molecule has 1 N–H and O–H groups in total. The van der Waals surface area contributed by atoms with E-state index in [-0.39, 0.29) is 25.0 Å². The summed E-state index contributed by atoms with van der Waals surface area (Å²) in [5, 5.41) is 19.6. The molecule has 0 spiro atoms. The minimum atomic E-state index is -0.708. The van der Waals surface area contributed by atoms with Crippen molar-refractivity contribution >= 4 is 5.82 Å². The van der Waals surface area contributed by atoms with E-state index in [9.17, 15) is 15.2 Å². The minimum absolute atomic E-state index is 0.133. The minimum Gasteiger partial charge on any atom is -0.444 e. The van der Waals surface area contributed by atoms with Crippen LogP contribution >= 0.6 is 0 Å². The molecule has 1 aliphatic rings. The van der Waals surface area contributed by atoms with Gasteiger partial charge in [-0.3, -0.25) is 0 Å². The number of hydrogen-bond acceptors (Lipinski definition) is 5. The van der Waals surface area contributed by atoms with Crippen LogP contribution in [0.25, 0.3) is 0 Å².